The molecular weight excluding hydrogens is 220 g/mol. The first-order valence-electron chi connectivity index (χ1n) is 5.46. The van der Waals surface area contributed by atoms with Crippen molar-refractivity contribution in [2.75, 3.05) is 6.54 Å². The van der Waals surface area contributed by atoms with Gasteiger partial charge >= 0.3 is 0 Å². The van der Waals surface area contributed by atoms with E-state index in [-0.39, 0.29) is 0 Å². The highest BCUT2D eigenvalue weighted by Crippen LogP contribution is 2.21. The van der Waals surface area contributed by atoms with Crippen molar-refractivity contribution in [1.82, 2.24) is 4.98 Å². The van der Waals surface area contributed by atoms with Crippen molar-refractivity contribution in [2.45, 2.75) is 19.8 Å². The van der Waals surface area contributed by atoms with Crippen LogP contribution in [0.5, 0.6) is 0 Å². The second kappa shape index (κ2) is 4.81. The standard InChI is InChI=1S/C13H15ClN2/c1-9-10(3-2-6-15)7-11-8-12(14)4-5-13(11)16-9/h4-5,7-8H,2-3,6,15H2,1H3. The largest absolute Gasteiger partial charge is 0.330 e. The molecule has 0 aliphatic carbocycles. The van der Waals surface area contributed by atoms with Crippen LogP contribution in [-0.4, -0.2) is 11.5 Å². The molecule has 0 spiro atoms. The van der Waals surface area contributed by atoms with E-state index in [9.17, 15) is 0 Å². The molecule has 0 radical (unpaired) electrons. The Morgan fingerprint density at radius 2 is 2.12 bits per heavy atom. The number of benzene rings is 1. The quantitative estimate of drug-likeness (QED) is 0.887. The molecule has 1 aromatic carbocycles. The highest BCUT2D eigenvalue weighted by Gasteiger charge is 2.03. The maximum atomic E-state index is 5.97. The van der Waals surface area contributed by atoms with Gasteiger partial charge in [-0.25, -0.2) is 0 Å². The van der Waals surface area contributed by atoms with E-state index in [1.807, 2.05) is 25.1 Å². The van der Waals surface area contributed by atoms with Crippen LogP contribution in [0.25, 0.3) is 10.9 Å². The molecule has 0 atom stereocenters. The van der Waals surface area contributed by atoms with E-state index in [1.165, 1.54) is 5.56 Å². The number of hydrogen-bond acceptors (Lipinski definition) is 2. The van der Waals surface area contributed by atoms with Gasteiger partial charge in [0, 0.05) is 16.1 Å². The van der Waals surface area contributed by atoms with Crippen LogP contribution in [0.4, 0.5) is 0 Å². The number of aromatic nitrogens is 1. The summed E-state index contributed by atoms with van der Waals surface area (Å²) in [6.45, 7) is 2.76. The van der Waals surface area contributed by atoms with Crippen LogP contribution in [0.3, 0.4) is 0 Å². The highest BCUT2D eigenvalue weighted by molar-refractivity contribution is 6.31. The van der Waals surface area contributed by atoms with Gasteiger partial charge in [0.25, 0.3) is 0 Å². The zero-order chi connectivity index (χ0) is 11.5. The van der Waals surface area contributed by atoms with Crippen molar-refractivity contribution in [3.63, 3.8) is 0 Å². The van der Waals surface area contributed by atoms with Crippen LogP contribution < -0.4 is 5.73 Å². The first-order valence-corrected chi connectivity index (χ1v) is 5.84. The summed E-state index contributed by atoms with van der Waals surface area (Å²) >= 11 is 5.97. The summed E-state index contributed by atoms with van der Waals surface area (Å²) in [5.74, 6) is 0. The number of rotatable bonds is 3. The molecular formula is C13H15ClN2. The van der Waals surface area contributed by atoms with Gasteiger partial charge in [-0.15, -0.1) is 0 Å². The number of nitrogens with zero attached hydrogens (tertiary/aromatic N) is 1. The van der Waals surface area contributed by atoms with Gasteiger partial charge in [0.15, 0.2) is 0 Å². The van der Waals surface area contributed by atoms with Gasteiger partial charge in [-0.1, -0.05) is 11.6 Å². The Morgan fingerprint density at radius 1 is 1.31 bits per heavy atom. The monoisotopic (exact) mass is 234 g/mol. The van der Waals surface area contributed by atoms with Crippen LogP contribution >= 0.6 is 11.6 Å². The summed E-state index contributed by atoms with van der Waals surface area (Å²) < 4.78 is 0. The van der Waals surface area contributed by atoms with E-state index in [0.717, 1.165) is 34.5 Å². The Bertz CT molecular complexity index is 509. The van der Waals surface area contributed by atoms with Crippen molar-refractivity contribution < 1.29 is 0 Å². The molecule has 16 heavy (non-hydrogen) atoms. The van der Waals surface area contributed by atoms with Crippen molar-refractivity contribution >= 4 is 22.5 Å². The molecule has 2 nitrogen and oxygen atoms in total. The van der Waals surface area contributed by atoms with Gasteiger partial charge in [-0.2, -0.15) is 0 Å². The Balaban J connectivity index is 2.46. The zero-order valence-corrected chi connectivity index (χ0v) is 10.1. The number of aryl methyl sites for hydroxylation is 2. The minimum Gasteiger partial charge on any atom is -0.330 e. The molecule has 0 fully saturated rings. The van der Waals surface area contributed by atoms with Crippen molar-refractivity contribution in [3.8, 4) is 0 Å². The van der Waals surface area contributed by atoms with Crippen molar-refractivity contribution in [3.05, 3.63) is 40.5 Å². The second-order valence-electron chi connectivity index (χ2n) is 3.96. The Hall–Kier alpha value is -1.12. The molecule has 0 amide bonds. The van der Waals surface area contributed by atoms with Crippen molar-refractivity contribution in [1.29, 1.82) is 0 Å². The topological polar surface area (TPSA) is 38.9 Å². The second-order valence-corrected chi connectivity index (χ2v) is 4.40. The first kappa shape index (κ1) is 11.4. The Labute approximate surface area is 100 Å². The lowest BCUT2D eigenvalue weighted by Gasteiger charge is -2.07. The summed E-state index contributed by atoms with van der Waals surface area (Å²) in [5.41, 5.74) is 8.87. The average molecular weight is 235 g/mol. The maximum Gasteiger partial charge on any atom is 0.0706 e. The van der Waals surface area contributed by atoms with E-state index >= 15 is 0 Å². The number of hydrogen-bond donors (Lipinski definition) is 1. The van der Waals surface area contributed by atoms with Crippen molar-refractivity contribution in [2.24, 2.45) is 5.73 Å². The minimum absolute atomic E-state index is 0.715. The van der Waals surface area contributed by atoms with Crippen LogP contribution in [0, 0.1) is 6.92 Å². The summed E-state index contributed by atoms with van der Waals surface area (Å²) in [4.78, 5) is 4.57. The van der Waals surface area contributed by atoms with Crippen LogP contribution in [0.15, 0.2) is 24.3 Å². The number of halogens is 1. The third-order valence-corrected chi connectivity index (χ3v) is 2.96. The third-order valence-electron chi connectivity index (χ3n) is 2.72. The minimum atomic E-state index is 0.715. The lowest BCUT2D eigenvalue weighted by Crippen LogP contribution is -2.02. The fourth-order valence-electron chi connectivity index (χ4n) is 1.83. The van der Waals surface area contributed by atoms with Crippen LogP contribution in [-0.2, 0) is 6.42 Å². The van der Waals surface area contributed by atoms with Gasteiger partial charge in [0.1, 0.15) is 0 Å². The Kier molecular flexibility index (Phi) is 3.42. The predicted molar refractivity (Wildman–Crippen MR) is 68.9 cm³/mol. The van der Waals surface area contributed by atoms with Gasteiger partial charge < -0.3 is 5.73 Å². The number of fused-ring (bicyclic) bond motifs is 1. The summed E-state index contributed by atoms with van der Waals surface area (Å²) in [6, 6.07) is 7.95. The molecule has 0 saturated carbocycles. The molecule has 1 aromatic heterocycles. The fourth-order valence-corrected chi connectivity index (χ4v) is 2.01. The molecule has 3 heteroatoms. The maximum absolute atomic E-state index is 5.97. The molecule has 0 unspecified atom stereocenters. The van der Waals surface area contributed by atoms with Gasteiger partial charge in [0.05, 0.1) is 5.52 Å². The van der Waals surface area contributed by atoms with E-state index < -0.39 is 0 Å². The van der Waals surface area contributed by atoms with E-state index in [1.54, 1.807) is 0 Å². The SMILES string of the molecule is Cc1nc2ccc(Cl)cc2cc1CCCN. The van der Waals surface area contributed by atoms with E-state index in [4.69, 9.17) is 17.3 Å². The molecule has 0 aliphatic rings. The lowest BCUT2D eigenvalue weighted by molar-refractivity contribution is 0.824. The molecule has 2 aromatic rings. The molecule has 0 aliphatic heterocycles. The summed E-state index contributed by atoms with van der Waals surface area (Å²) in [6.07, 6.45) is 1.98. The molecule has 1 heterocycles. The smallest absolute Gasteiger partial charge is 0.0706 e. The first-order chi connectivity index (χ1) is 7.70. The molecule has 0 saturated heterocycles. The lowest BCUT2D eigenvalue weighted by atomic mass is 10.1. The van der Waals surface area contributed by atoms with Gasteiger partial charge in [-0.05, 0) is 56.1 Å². The molecule has 84 valence electrons. The summed E-state index contributed by atoms with van der Waals surface area (Å²) in [5, 5.41) is 1.85. The fraction of sp³-hybridized carbons (Fsp3) is 0.308. The Morgan fingerprint density at radius 3 is 2.88 bits per heavy atom. The molecule has 0 bridgehead atoms. The zero-order valence-electron chi connectivity index (χ0n) is 9.33. The third kappa shape index (κ3) is 2.34. The molecule has 2 N–H and O–H groups in total. The van der Waals surface area contributed by atoms with Gasteiger partial charge in [0.2, 0.25) is 0 Å². The van der Waals surface area contributed by atoms with Crippen LogP contribution in [0.2, 0.25) is 5.02 Å². The number of nitrogens with two attached hydrogens (primary N) is 1. The highest BCUT2D eigenvalue weighted by atomic mass is 35.5. The van der Waals surface area contributed by atoms with Crippen LogP contribution in [0.1, 0.15) is 17.7 Å². The van der Waals surface area contributed by atoms with E-state index in [2.05, 4.69) is 11.1 Å². The average Bonchev–Trinajstić information content (AvgIpc) is 2.27. The van der Waals surface area contributed by atoms with E-state index in [0.29, 0.717) is 6.54 Å². The predicted octanol–water partition coefficient (Wildman–Crippen LogP) is 3.09. The molecule has 2 rings (SSSR count). The normalized spacial score (nSPS) is 10.9. The summed E-state index contributed by atoms with van der Waals surface area (Å²) in [7, 11) is 0. The number of pyridine rings is 1. The van der Waals surface area contributed by atoms with Gasteiger partial charge in [-0.3, -0.25) is 4.98 Å².